The molecule has 29 heavy (non-hydrogen) atoms. The van der Waals surface area contributed by atoms with Crippen molar-refractivity contribution in [1.82, 2.24) is 14.7 Å². The predicted octanol–water partition coefficient (Wildman–Crippen LogP) is 3.46. The second-order valence-electron chi connectivity index (χ2n) is 6.75. The SMILES string of the molecule is Cc1cc(NC(=O)C(C)N2C(=O)c3ccccc3C2=O)n(-c2cccc(Cl)c2)n1. The van der Waals surface area contributed by atoms with Crippen molar-refractivity contribution < 1.29 is 14.4 Å². The summed E-state index contributed by atoms with van der Waals surface area (Å²) in [6, 6.07) is 14.3. The van der Waals surface area contributed by atoms with Gasteiger partial charge in [0.2, 0.25) is 5.91 Å². The summed E-state index contributed by atoms with van der Waals surface area (Å²) in [5.41, 5.74) is 1.97. The van der Waals surface area contributed by atoms with Crippen LogP contribution in [-0.2, 0) is 4.79 Å². The molecule has 3 amide bonds. The molecule has 3 aromatic rings. The third-order valence-corrected chi connectivity index (χ3v) is 4.96. The lowest BCUT2D eigenvalue weighted by atomic mass is 10.1. The van der Waals surface area contributed by atoms with Gasteiger partial charge in [-0.05, 0) is 44.2 Å². The third-order valence-electron chi connectivity index (χ3n) is 4.73. The highest BCUT2D eigenvalue weighted by molar-refractivity contribution is 6.30. The van der Waals surface area contributed by atoms with Crippen LogP contribution in [0, 0.1) is 6.92 Å². The Morgan fingerprint density at radius 1 is 1.03 bits per heavy atom. The average Bonchev–Trinajstić information content (AvgIpc) is 3.19. The topological polar surface area (TPSA) is 84.3 Å². The molecule has 2 heterocycles. The number of halogens is 1. The summed E-state index contributed by atoms with van der Waals surface area (Å²) in [6.07, 6.45) is 0. The van der Waals surface area contributed by atoms with E-state index in [4.69, 9.17) is 11.6 Å². The first-order valence-electron chi connectivity index (χ1n) is 8.97. The minimum Gasteiger partial charge on any atom is -0.309 e. The molecule has 1 aliphatic rings. The predicted molar refractivity (Wildman–Crippen MR) is 108 cm³/mol. The number of benzene rings is 2. The molecule has 0 bridgehead atoms. The Morgan fingerprint density at radius 3 is 2.31 bits per heavy atom. The van der Waals surface area contributed by atoms with Gasteiger partial charge in [-0.2, -0.15) is 5.10 Å². The van der Waals surface area contributed by atoms with Crippen molar-refractivity contribution in [1.29, 1.82) is 0 Å². The first-order chi connectivity index (χ1) is 13.9. The second-order valence-corrected chi connectivity index (χ2v) is 7.19. The minimum absolute atomic E-state index is 0.303. The number of imide groups is 1. The molecule has 1 atom stereocenters. The van der Waals surface area contributed by atoms with Crippen LogP contribution in [0.4, 0.5) is 5.82 Å². The van der Waals surface area contributed by atoms with E-state index in [-0.39, 0.29) is 0 Å². The van der Waals surface area contributed by atoms with E-state index in [9.17, 15) is 14.4 Å². The van der Waals surface area contributed by atoms with Crippen LogP contribution in [0.25, 0.3) is 5.69 Å². The molecule has 1 unspecified atom stereocenters. The van der Waals surface area contributed by atoms with Gasteiger partial charge < -0.3 is 5.32 Å². The molecule has 0 fully saturated rings. The van der Waals surface area contributed by atoms with E-state index in [0.717, 1.165) is 4.90 Å². The molecule has 4 rings (SSSR count). The molecular formula is C21H17ClN4O3. The Morgan fingerprint density at radius 2 is 1.69 bits per heavy atom. The van der Waals surface area contributed by atoms with Gasteiger partial charge in [0.15, 0.2) is 0 Å². The van der Waals surface area contributed by atoms with E-state index in [1.807, 2.05) is 6.07 Å². The summed E-state index contributed by atoms with van der Waals surface area (Å²) < 4.78 is 1.55. The van der Waals surface area contributed by atoms with Crippen LogP contribution in [0.2, 0.25) is 5.02 Å². The molecule has 1 N–H and O–H groups in total. The van der Waals surface area contributed by atoms with E-state index in [2.05, 4.69) is 10.4 Å². The smallest absolute Gasteiger partial charge is 0.262 e. The maximum atomic E-state index is 12.9. The summed E-state index contributed by atoms with van der Waals surface area (Å²) in [4.78, 5) is 39.1. The maximum absolute atomic E-state index is 12.9. The van der Waals surface area contributed by atoms with E-state index >= 15 is 0 Å². The number of hydrogen-bond acceptors (Lipinski definition) is 4. The minimum atomic E-state index is -0.995. The summed E-state index contributed by atoms with van der Waals surface area (Å²) in [5.74, 6) is -1.04. The van der Waals surface area contributed by atoms with E-state index in [1.165, 1.54) is 6.92 Å². The van der Waals surface area contributed by atoms with Crippen molar-refractivity contribution >= 4 is 35.1 Å². The van der Waals surface area contributed by atoms with Crippen LogP contribution in [-0.4, -0.2) is 38.4 Å². The number of amides is 3. The molecule has 1 aromatic heterocycles. The molecule has 0 saturated carbocycles. The number of aromatic nitrogens is 2. The van der Waals surface area contributed by atoms with Gasteiger partial charge in [0.05, 0.1) is 22.5 Å². The first kappa shape index (κ1) is 18.9. The number of carbonyl (C=O) groups is 3. The fraction of sp³-hybridized carbons (Fsp3) is 0.143. The van der Waals surface area contributed by atoms with E-state index in [0.29, 0.717) is 33.3 Å². The molecule has 0 aliphatic carbocycles. The largest absolute Gasteiger partial charge is 0.309 e. The average molecular weight is 409 g/mol. The van der Waals surface area contributed by atoms with Crippen molar-refractivity contribution in [2.75, 3.05) is 5.32 Å². The van der Waals surface area contributed by atoms with Gasteiger partial charge in [0.25, 0.3) is 11.8 Å². The molecule has 1 aliphatic heterocycles. The fourth-order valence-electron chi connectivity index (χ4n) is 3.30. The molecule has 0 spiro atoms. The van der Waals surface area contributed by atoms with Gasteiger partial charge in [0.1, 0.15) is 11.9 Å². The number of nitrogens with one attached hydrogen (secondary N) is 1. The molecular weight excluding hydrogens is 392 g/mol. The Kier molecular flexibility index (Phi) is 4.68. The van der Waals surface area contributed by atoms with Crippen molar-refractivity contribution in [3.05, 3.63) is 76.4 Å². The van der Waals surface area contributed by atoms with Crippen LogP contribution in [0.1, 0.15) is 33.3 Å². The quantitative estimate of drug-likeness (QED) is 0.670. The number of carbonyl (C=O) groups excluding carboxylic acids is 3. The Balaban J connectivity index is 1.60. The molecule has 7 nitrogen and oxygen atoms in total. The second kappa shape index (κ2) is 7.18. The van der Waals surface area contributed by atoms with Crippen molar-refractivity contribution in [2.45, 2.75) is 19.9 Å². The zero-order chi connectivity index (χ0) is 20.7. The summed E-state index contributed by atoms with van der Waals surface area (Å²) >= 11 is 6.06. The Labute approximate surface area is 171 Å². The number of fused-ring (bicyclic) bond motifs is 1. The van der Waals surface area contributed by atoms with Gasteiger partial charge in [0, 0.05) is 11.1 Å². The standard InChI is InChI=1S/C21H17ClN4O3/c1-12-10-18(26(24-12)15-7-5-6-14(22)11-15)23-19(27)13(2)25-20(28)16-8-3-4-9-17(16)21(25)29/h3-11,13H,1-2H3,(H,23,27). The number of hydrogen-bond donors (Lipinski definition) is 1. The highest BCUT2D eigenvalue weighted by Gasteiger charge is 2.40. The molecule has 0 radical (unpaired) electrons. The number of aryl methyl sites for hydroxylation is 1. The lowest BCUT2D eigenvalue weighted by molar-refractivity contribution is -0.119. The molecule has 2 aromatic carbocycles. The lowest BCUT2D eigenvalue weighted by Gasteiger charge is -2.21. The molecule has 8 heteroatoms. The Bertz CT molecular complexity index is 1120. The van der Waals surface area contributed by atoms with Gasteiger partial charge in [-0.3, -0.25) is 19.3 Å². The highest BCUT2D eigenvalue weighted by atomic mass is 35.5. The van der Waals surface area contributed by atoms with Gasteiger partial charge in [-0.1, -0.05) is 29.8 Å². The third kappa shape index (κ3) is 3.30. The zero-order valence-corrected chi connectivity index (χ0v) is 16.5. The normalized spacial score (nSPS) is 14.1. The molecule has 0 saturated heterocycles. The monoisotopic (exact) mass is 408 g/mol. The molecule has 146 valence electrons. The zero-order valence-electron chi connectivity index (χ0n) is 15.7. The van der Waals surface area contributed by atoms with Crippen LogP contribution in [0.15, 0.2) is 54.6 Å². The van der Waals surface area contributed by atoms with Gasteiger partial charge in [-0.15, -0.1) is 0 Å². The number of rotatable bonds is 4. The van der Waals surface area contributed by atoms with Crippen LogP contribution in [0.3, 0.4) is 0 Å². The summed E-state index contributed by atoms with van der Waals surface area (Å²) in [5, 5.41) is 7.69. The van der Waals surface area contributed by atoms with Crippen molar-refractivity contribution in [3.63, 3.8) is 0 Å². The van der Waals surface area contributed by atoms with Crippen LogP contribution in [0.5, 0.6) is 0 Å². The van der Waals surface area contributed by atoms with Crippen molar-refractivity contribution in [3.8, 4) is 5.69 Å². The van der Waals surface area contributed by atoms with Crippen LogP contribution < -0.4 is 5.32 Å². The van der Waals surface area contributed by atoms with Crippen molar-refractivity contribution in [2.24, 2.45) is 0 Å². The van der Waals surface area contributed by atoms with Crippen LogP contribution >= 0.6 is 11.6 Å². The first-order valence-corrected chi connectivity index (χ1v) is 9.35. The number of anilines is 1. The summed E-state index contributed by atoms with van der Waals surface area (Å²) in [7, 11) is 0. The maximum Gasteiger partial charge on any atom is 0.262 e. The van der Waals surface area contributed by atoms with Gasteiger partial charge in [-0.25, -0.2) is 4.68 Å². The van der Waals surface area contributed by atoms with E-state index in [1.54, 1.807) is 60.1 Å². The van der Waals surface area contributed by atoms with Gasteiger partial charge >= 0.3 is 0 Å². The lowest BCUT2D eigenvalue weighted by Crippen LogP contribution is -2.45. The summed E-state index contributed by atoms with van der Waals surface area (Å²) in [6.45, 7) is 3.31. The Hall–Kier alpha value is -3.45. The number of nitrogens with zero attached hydrogens (tertiary/aromatic N) is 3. The fourth-order valence-corrected chi connectivity index (χ4v) is 3.49. The highest BCUT2D eigenvalue weighted by Crippen LogP contribution is 2.25. The van der Waals surface area contributed by atoms with E-state index < -0.39 is 23.8 Å².